The third-order valence-electron chi connectivity index (χ3n) is 4.95. The Morgan fingerprint density at radius 2 is 1.96 bits per heavy atom. The largest absolute Gasteiger partial charge is 0.496 e. The van der Waals surface area contributed by atoms with Gasteiger partial charge in [-0.05, 0) is 24.5 Å². The third kappa shape index (κ3) is 2.81. The Labute approximate surface area is 152 Å². The van der Waals surface area contributed by atoms with Crippen LogP contribution in [0.3, 0.4) is 0 Å². The Bertz CT molecular complexity index is 780. The van der Waals surface area contributed by atoms with Crippen molar-refractivity contribution >= 4 is 16.9 Å². The lowest BCUT2D eigenvalue weighted by Crippen LogP contribution is -2.48. The van der Waals surface area contributed by atoms with Crippen LogP contribution in [0.4, 0.5) is 0 Å². The van der Waals surface area contributed by atoms with Crippen LogP contribution >= 0.6 is 11.8 Å². The number of amidine groups is 1. The minimum atomic E-state index is -1.08. The summed E-state index contributed by atoms with van der Waals surface area (Å²) in [4.78, 5) is 6.63. The van der Waals surface area contributed by atoms with Gasteiger partial charge in [-0.3, -0.25) is 4.99 Å². The molecule has 130 valence electrons. The molecule has 2 aliphatic heterocycles. The second-order valence-electron chi connectivity index (χ2n) is 6.37. The Balaban J connectivity index is 1.67. The van der Waals surface area contributed by atoms with Crippen molar-refractivity contribution in [2.75, 3.05) is 20.2 Å². The maximum absolute atomic E-state index is 11.8. The van der Waals surface area contributed by atoms with Crippen molar-refractivity contribution in [3.05, 3.63) is 65.7 Å². The van der Waals surface area contributed by atoms with E-state index in [0.717, 1.165) is 42.4 Å². The van der Waals surface area contributed by atoms with Gasteiger partial charge in [-0.25, -0.2) is 0 Å². The molecule has 4 rings (SSSR count). The summed E-state index contributed by atoms with van der Waals surface area (Å²) in [5.74, 6) is 0.725. The molecule has 2 aromatic rings. The molecule has 2 unspecified atom stereocenters. The average molecular weight is 354 g/mol. The lowest BCUT2D eigenvalue weighted by Gasteiger charge is -2.37. The van der Waals surface area contributed by atoms with Gasteiger partial charge in [-0.1, -0.05) is 60.3 Å². The molecule has 1 fully saturated rings. The van der Waals surface area contributed by atoms with Crippen LogP contribution in [0.2, 0.25) is 0 Å². The van der Waals surface area contributed by atoms with Crippen LogP contribution in [0.5, 0.6) is 5.75 Å². The summed E-state index contributed by atoms with van der Waals surface area (Å²) in [7, 11) is 1.66. The van der Waals surface area contributed by atoms with E-state index in [1.807, 2.05) is 35.2 Å². The van der Waals surface area contributed by atoms with E-state index >= 15 is 0 Å². The molecule has 25 heavy (non-hydrogen) atoms. The Hall–Kier alpha value is -1.98. The average Bonchev–Trinajstić information content (AvgIpc) is 3.23. The Kier molecular flexibility index (Phi) is 4.44. The van der Waals surface area contributed by atoms with E-state index in [-0.39, 0.29) is 5.25 Å². The fraction of sp³-hybridized carbons (Fsp3) is 0.350. The summed E-state index contributed by atoms with van der Waals surface area (Å²) >= 11 is 1.69. The van der Waals surface area contributed by atoms with Gasteiger partial charge in [0, 0.05) is 12.1 Å². The lowest BCUT2D eigenvalue weighted by molar-refractivity contribution is -0.0685. The van der Waals surface area contributed by atoms with Gasteiger partial charge >= 0.3 is 0 Å². The molecule has 0 bridgehead atoms. The minimum Gasteiger partial charge on any atom is -0.496 e. The summed E-state index contributed by atoms with van der Waals surface area (Å²) in [5, 5.41) is 12.8. The molecule has 2 heterocycles. The summed E-state index contributed by atoms with van der Waals surface area (Å²) in [6, 6.07) is 18.2. The monoisotopic (exact) mass is 354 g/mol. The highest BCUT2D eigenvalue weighted by atomic mass is 32.2. The SMILES string of the molecule is COc1ccccc1C1(O)C(CCc2ccccc2)SC2=NCCN21. The van der Waals surface area contributed by atoms with Crippen molar-refractivity contribution in [3.63, 3.8) is 0 Å². The van der Waals surface area contributed by atoms with E-state index in [1.165, 1.54) is 5.56 Å². The predicted octanol–water partition coefficient (Wildman–Crippen LogP) is 3.26. The topological polar surface area (TPSA) is 45.1 Å². The molecule has 4 nitrogen and oxygen atoms in total. The number of methoxy groups -OCH3 is 1. The van der Waals surface area contributed by atoms with Crippen LogP contribution < -0.4 is 4.74 Å². The minimum absolute atomic E-state index is 0.0167. The number of nitrogens with zero attached hydrogens (tertiary/aromatic N) is 2. The predicted molar refractivity (Wildman–Crippen MR) is 102 cm³/mol. The number of aliphatic imine (C=N–C) groups is 1. The van der Waals surface area contributed by atoms with Crippen molar-refractivity contribution in [3.8, 4) is 5.75 Å². The second-order valence-corrected chi connectivity index (χ2v) is 7.54. The zero-order chi connectivity index (χ0) is 17.3. The second kappa shape index (κ2) is 6.73. The van der Waals surface area contributed by atoms with E-state index in [1.54, 1.807) is 18.9 Å². The number of benzene rings is 2. The van der Waals surface area contributed by atoms with Crippen molar-refractivity contribution < 1.29 is 9.84 Å². The van der Waals surface area contributed by atoms with Crippen molar-refractivity contribution in [1.82, 2.24) is 4.90 Å². The van der Waals surface area contributed by atoms with E-state index < -0.39 is 5.72 Å². The maximum Gasteiger partial charge on any atom is 0.182 e. The lowest BCUT2D eigenvalue weighted by atomic mass is 9.92. The van der Waals surface area contributed by atoms with Crippen molar-refractivity contribution in [2.45, 2.75) is 23.8 Å². The smallest absolute Gasteiger partial charge is 0.182 e. The number of hydrogen-bond acceptors (Lipinski definition) is 5. The highest BCUT2D eigenvalue weighted by molar-refractivity contribution is 8.14. The maximum atomic E-state index is 11.8. The number of aliphatic hydroxyl groups is 1. The number of aryl methyl sites for hydroxylation is 1. The first-order chi connectivity index (χ1) is 12.2. The van der Waals surface area contributed by atoms with Crippen LogP contribution in [0, 0.1) is 0 Å². The molecule has 0 saturated carbocycles. The quantitative estimate of drug-likeness (QED) is 0.895. The van der Waals surface area contributed by atoms with Gasteiger partial charge in [0.1, 0.15) is 5.75 Å². The highest BCUT2D eigenvalue weighted by Gasteiger charge is 2.54. The summed E-state index contributed by atoms with van der Waals surface area (Å²) in [6.45, 7) is 1.49. The Morgan fingerprint density at radius 3 is 2.76 bits per heavy atom. The number of rotatable bonds is 5. The van der Waals surface area contributed by atoms with Gasteiger partial charge in [-0.15, -0.1) is 0 Å². The molecular formula is C20H22N2O2S. The van der Waals surface area contributed by atoms with Crippen LogP contribution in [-0.4, -0.2) is 40.6 Å². The molecule has 0 aliphatic carbocycles. The number of para-hydroxylation sites is 1. The molecule has 2 aliphatic rings. The normalized spacial score (nSPS) is 25.0. The third-order valence-corrected chi connectivity index (χ3v) is 6.36. The number of ether oxygens (including phenoxy) is 1. The van der Waals surface area contributed by atoms with Crippen LogP contribution in [0.1, 0.15) is 17.5 Å². The first-order valence-electron chi connectivity index (χ1n) is 8.62. The van der Waals surface area contributed by atoms with Crippen molar-refractivity contribution in [2.24, 2.45) is 4.99 Å². The molecular weight excluding hydrogens is 332 g/mol. The van der Waals surface area contributed by atoms with Gasteiger partial charge in [0.2, 0.25) is 0 Å². The van der Waals surface area contributed by atoms with Gasteiger partial charge < -0.3 is 14.7 Å². The fourth-order valence-corrected chi connectivity index (χ4v) is 5.13. The van der Waals surface area contributed by atoms with Crippen LogP contribution in [0.15, 0.2) is 59.6 Å². The van der Waals surface area contributed by atoms with E-state index in [9.17, 15) is 5.11 Å². The summed E-state index contributed by atoms with van der Waals surface area (Å²) in [5.41, 5.74) is 1.04. The summed E-state index contributed by atoms with van der Waals surface area (Å²) in [6.07, 6.45) is 1.80. The number of fused-ring (bicyclic) bond motifs is 1. The molecule has 0 aromatic heterocycles. The molecule has 2 atom stereocenters. The highest BCUT2D eigenvalue weighted by Crippen LogP contribution is 2.50. The van der Waals surface area contributed by atoms with Gasteiger partial charge in [0.25, 0.3) is 0 Å². The molecule has 1 saturated heterocycles. The fourth-order valence-electron chi connectivity index (χ4n) is 3.70. The van der Waals surface area contributed by atoms with Crippen molar-refractivity contribution in [1.29, 1.82) is 0 Å². The van der Waals surface area contributed by atoms with E-state index in [2.05, 4.69) is 29.3 Å². The van der Waals surface area contributed by atoms with Gasteiger partial charge in [0.05, 0.1) is 18.9 Å². The zero-order valence-electron chi connectivity index (χ0n) is 14.3. The molecule has 1 N–H and O–H groups in total. The van der Waals surface area contributed by atoms with Gasteiger partial charge in [0.15, 0.2) is 10.9 Å². The van der Waals surface area contributed by atoms with E-state index in [0.29, 0.717) is 0 Å². The number of thioether (sulfide) groups is 1. The standard InChI is InChI=1S/C20H22N2O2S/c1-24-17-10-6-5-9-16(17)20(23)18(25-19-21-13-14-22(19)20)12-11-15-7-3-2-4-8-15/h2-10,18,23H,11-14H2,1H3. The zero-order valence-corrected chi connectivity index (χ0v) is 15.1. The first kappa shape index (κ1) is 16.5. The molecule has 5 heteroatoms. The first-order valence-corrected chi connectivity index (χ1v) is 9.50. The molecule has 0 radical (unpaired) electrons. The molecule has 0 spiro atoms. The van der Waals surface area contributed by atoms with Crippen LogP contribution in [0.25, 0.3) is 0 Å². The van der Waals surface area contributed by atoms with E-state index in [4.69, 9.17) is 4.74 Å². The Morgan fingerprint density at radius 1 is 1.20 bits per heavy atom. The number of hydrogen-bond donors (Lipinski definition) is 1. The molecule has 2 aromatic carbocycles. The summed E-state index contributed by atoms with van der Waals surface area (Å²) < 4.78 is 5.55. The van der Waals surface area contributed by atoms with Gasteiger partial charge in [-0.2, -0.15) is 0 Å². The van der Waals surface area contributed by atoms with Crippen LogP contribution in [-0.2, 0) is 12.1 Å². The molecule has 0 amide bonds.